The third kappa shape index (κ3) is 6.31. The van der Waals surface area contributed by atoms with E-state index >= 15 is 4.39 Å². The van der Waals surface area contributed by atoms with Gasteiger partial charge in [0.1, 0.15) is 6.33 Å². The van der Waals surface area contributed by atoms with E-state index in [2.05, 4.69) is 14.7 Å². The normalized spacial score (nSPS) is 23.6. The van der Waals surface area contributed by atoms with Gasteiger partial charge in [0.05, 0.1) is 31.2 Å². The number of nitrogens with zero attached hydrogens (tertiary/aromatic N) is 3. The molecule has 0 spiro atoms. The Morgan fingerprint density at radius 2 is 1.94 bits per heavy atom. The lowest BCUT2D eigenvalue weighted by molar-refractivity contribution is 0.0174. The molecule has 4 rings (SSSR count). The molecular weight excluding hydrogens is 481 g/mol. The van der Waals surface area contributed by atoms with Crippen LogP contribution in [-0.2, 0) is 27.1 Å². The molecule has 192 valence electrons. The van der Waals surface area contributed by atoms with Gasteiger partial charge in [-0.2, -0.15) is 0 Å². The molecule has 0 bridgehead atoms. The fraction of sp³-hybridized carbons (Fsp3) is 0.583. The van der Waals surface area contributed by atoms with Crippen molar-refractivity contribution in [2.75, 3.05) is 30.9 Å². The lowest BCUT2D eigenvalue weighted by Crippen LogP contribution is -2.40. The Kier molecular flexibility index (Phi) is 7.68. The van der Waals surface area contributed by atoms with Crippen molar-refractivity contribution >= 4 is 15.8 Å². The molecule has 3 unspecified atom stereocenters. The number of morpholine rings is 1. The number of ether oxygens (including phenoxy) is 1. The lowest BCUT2D eigenvalue weighted by atomic mass is 9.97. The molecule has 1 saturated heterocycles. The maximum Gasteiger partial charge on any atom is 0.270 e. The van der Waals surface area contributed by atoms with E-state index in [1.165, 1.54) is 18.5 Å². The van der Waals surface area contributed by atoms with Crippen molar-refractivity contribution < 1.29 is 26.3 Å². The summed E-state index contributed by atoms with van der Waals surface area (Å²) in [5.74, 6) is -3.18. The van der Waals surface area contributed by atoms with Crippen molar-refractivity contribution in [2.45, 2.75) is 57.0 Å². The van der Waals surface area contributed by atoms with Crippen LogP contribution in [0.4, 0.5) is 19.0 Å². The van der Waals surface area contributed by atoms with Crippen molar-refractivity contribution in [3.63, 3.8) is 0 Å². The summed E-state index contributed by atoms with van der Waals surface area (Å²) >= 11 is 0. The number of anilines is 1. The Hall–Kier alpha value is -2.24. The van der Waals surface area contributed by atoms with Crippen LogP contribution in [0.3, 0.4) is 0 Å². The summed E-state index contributed by atoms with van der Waals surface area (Å²) in [6.45, 7) is 1.91. The van der Waals surface area contributed by atoms with Gasteiger partial charge in [-0.3, -0.25) is 0 Å². The van der Waals surface area contributed by atoms with Gasteiger partial charge >= 0.3 is 0 Å². The molecule has 7 nitrogen and oxygen atoms in total. The summed E-state index contributed by atoms with van der Waals surface area (Å²) in [5.41, 5.74) is 0.930. The van der Waals surface area contributed by atoms with E-state index in [0.717, 1.165) is 38.0 Å². The summed E-state index contributed by atoms with van der Waals surface area (Å²) in [7, 11) is -3.31. The molecule has 2 fully saturated rings. The van der Waals surface area contributed by atoms with Crippen molar-refractivity contribution in [3.8, 4) is 0 Å². The zero-order chi connectivity index (χ0) is 25.2. The topological polar surface area (TPSA) is 84.4 Å². The van der Waals surface area contributed by atoms with Gasteiger partial charge in [0.2, 0.25) is 10.0 Å². The van der Waals surface area contributed by atoms with E-state index in [9.17, 15) is 17.2 Å². The molecule has 2 heterocycles. The fourth-order valence-corrected chi connectivity index (χ4v) is 5.90. The Morgan fingerprint density at radius 1 is 1.20 bits per heavy atom. The first-order chi connectivity index (χ1) is 16.5. The van der Waals surface area contributed by atoms with E-state index in [1.54, 1.807) is 17.0 Å². The fourth-order valence-electron chi connectivity index (χ4n) is 5.04. The van der Waals surface area contributed by atoms with E-state index in [1.807, 2.05) is 0 Å². The minimum absolute atomic E-state index is 0.0874. The number of aryl methyl sites for hydroxylation is 1. The van der Waals surface area contributed by atoms with Crippen molar-refractivity contribution in [2.24, 2.45) is 5.92 Å². The number of hydrogen-bond acceptors (Lipinski definition) is 6. The monoisotopic (exact) mass is 512 g/mol. The molecule has 1 saturated carbocycles. The molecule has 3 atom stereocenters. The third-order valence-corrected chi connectivity index (χ3v) is 7.55. The number of alkyl halides is 2. The van der Waals surface area contributed by atoms with Crippen LogP contribution in [0.2, 0.25) is 0 Å². The van der Waals surface area contributed by atoms with E-state index < -0.39 is 21.8 Å². The Labute approximate surface area is 204 Å². The second kappa shape index (κ2) is 10.4. The number of sulfonamides is 1. The molecule has 1 aliphatic heterocycles. The van der Waals surface area contributed by atoms with Gasteiger partial charge in [0.25, 0.3) is 5.92 Å². The summed E-state index contributed by atoms with van der Waals surface area (Å²) in [4.78, 5) is 10.2. The largest absolute Gasteiger partial charge is 0.377 e. The number of nitrogens with one attached hydrogen (secondary N) is 1. The molecule has 2 aliphatic rings. The molecule has 2 aromatic rings. The zero-order valence-electron chi connectivity index (χ0n) is 19.9. The van der Waals surface area contributed by atoms with Crippen LogP contribution < -0.4 is 9.62 Å². The van der Waals surface area contributed by atoms with Crippen molar-refractivity contribution in [1.82, 2.24) is 14.7 Å². The highest BCUT2D eigenvalue weighted by Gasteiger charge is 2.32. The number of rotatable bonds is 8. The number of hydrogen-bond donors (Lipinski definition) is 1. The highest BCUT2D eigenvalue weighted by molar-refractivity contribution is 7.88. The molecule has 0 amide bonds. The quantitative estimate of drug-likeness (QED) is 0.577. The highest BCUT2D eigenvalue weighted by atomic mass is 32.2. The maximum atomic E-state index is 15.6. The van der Waals surface area contributed by atoms with Gasteiger partial charge in [-0.25, -0.2) is 36.3 Å². The Morgan fingerprint density at radius 3 is 2.63 bits per heavy atom. The standard InChI is InChI=1S/C24H31F3N4O3S/c1-24(26,27)18-9-6-17(7-10-18)21-14-34-13-12-31(21)23-22(25)20(28-15-29-23)11-8-16-4-3-5-19(16)30-35(2,32)33/h6-7,9-10,15-16,19,21,30H,3-5,8,11-14H2,1-2H3. The molecule has 11 heteroatoms. The minimum Gasteiger partial charge on any atom is -0.377 e. The predicted molar refractivity (Wildman–Crippen MR) is 126 cm³/mol. The summed E-state index contributed by atoms with van der Waals surface area (Å²) in [6.07, 6.45) is 6.04. The highest BCUT2D eigenvalue weighted by Crippen LogP contribution is 2.34. The van der Waals surface area contributed by atoms with Crippen LogP contribution in [0.5, 0.6) is 0 Å². The van der Waals surface area contributed by atoms with Gasteiger partial charge in [-0.1, -0.05) is 30.7 Å². The Bertz CT molecular complexity index is 1130. The minimum atomic E-state index is -3.31. The predicted octanol–water partition coefficient (Wildman–Crippen LogP) is 3.96. The van der Waals surface area contributed by atoms with Gasteiger partial charge in [-0.05, 0) is 37.2 Å². The van der Waals surface area contributed by atoms with Crippen LogP contribution >= 0.6 is 0 Å². The lowest BCUT2D eigenvalue weighted by Gasteiger charge is -2.37. The molecule has 1 aromatic heterocycles. The summed E-state index contributed by atoms with van der Waals surface area (Å²) < 4.78 is 74.4. The second-order valence-electron chi connectivity index (χ2n) is 9.48. The number of halogens is 3. The average molecular weight is 513 g/mol. The van der Waals surface area contributed by atoms with E-state index in [4.69, 9.17) is 4.74 Å². The Balaban J connectivity index is 1.51. The van der Waals surface area contributed by atoms with Gasteiger partial charge in [-0.15, -0.1) is 0 Å². The molecule has 35 heavy (non-hydrogen) atoms. The van der Waals surface area contributed by atoms with Crippen molar-refractivity contribution in [1.29, 1.82) is 0 Å². The van der Waals surface area contributed by atoms with Gasteiger partial charge < -0.3 is 9.64 Å². The maximum absolute atomic E-state index is 15.6. The van der Waals surface area contributed by atoms with Gasteiger partial charge in [0.15, 0.2) is 11.6 Å². The number of aromatic nitrogens is 2. The van der Waals surface area contributed by atoms with Crippen LogP contribution in [0.25, 0.3) is 0 Å². The number of benzene rings is 1. The molecule has 1 aliphatic carbocycles. The smallest absolute Gasteiger partial charge is 0.270 e. The van der Waals surface area contributed by atoms with Gasteiger partial charge in [0, 0.05) is 25.1 Å². The van der Waals surface area contributed by atoms with Crippen LogP contribution in [-0.4, -0.2) is 50.4 Å². The van der Waals surface area contributed by atoms with E-state index in [-0.39, 0.29) is 41.7 Å². The van der Waals surface area contributed by atoms with Crippen LogP contribution in [0.1, 0.15) is 55.5 Å². The third-order valence-electron chi connectivity index (χ3n) is 6.82. The summed E-state index contributed by atoms with van der Waals surface area (Å²) in [5, 5.41) is 0. The molecular formula is C24H31F3N4O3S. The molecule has 1 aromatic carbocycles. The second-order valence-corrected chi connectivity index (χ2v) is 11.3. The van der Waals surface area contributed by atoms with Crippen molar-refractivity contribution in [3.05, 3.63) is 53.2 Å². The molecule has 0 radical (unpaired) electrons. The first kappa shape index (κ1) is 25.8. The zero-order valence-corrected chi connectivity index (χ0v) is 20.7. The average Bonchev–Trinajstić information content (AvgIpc) is 3.23. The van der Waals surface area contributed by atoms with Crippen LogP contribution in [0, 0.1) is 11.7 Å². The SMILES string of the molecule is CC(F)(F)c1ccc(C2COCCN2c2ncnc(CCC3CCCC3NS(C)(=O)=O)c2F)cc1. The first-order valence-corrected chi connectivity index (χ1v) is 13.7. The molecule has 1 N–H and O–H groups in total. The van der Waals surface area contributed by atoms with E-state index in [0.29, 0.717) is 26.0 Å². The van der Waals surface area contributed by atoms with Crippen LogP contribution in [0.15, 0.2) is 30.6 Å². The summed E-state index contributed by atoms with van der Waals surface area (Å²) in [6, 6.07) is 5.48. The first-order valence-electron chi connectivity index (χ1n) is 11.8.